The fourth-order valence-corrected chi connectivity index (χ4v) is 2.02. The van der Waals surface area contributed by atoms with Crippen LogP contribution in [0.4, 0.5) is 0 Å². The zero-order valence-electron chi connectivity index (χ0n) is 15.8. The molecule has 0 aliphatic rings. The molecule has 168 valence electrons. The number of amides is 4. The van der Waals surface area contributed by atoms with Crippen molar-refractivity contribution in [2.24, 2.45) is 11.5 Å². The summed E-state index contributed by atoms with van der Waals surface area (Å²) in [6, 6.07) is -6.28. The first kappa shape index (κ1) is 26.2. The van der Waals surface area contributed by atoms with Gasteiger partial charge in [0.25, 0.3) is 0 Å². The summed E-state index contributed by atoms with van der Waals surface area (Å²) in [5.74, 6) is -8.74. The normalized spacial score (nSPS) is 14.3. The first-order valence-electron chi connectivity index (χ1n) is 8.36. The van der Waals surface area contributed by atoms with Crippen LogP contribution in [-0.2, 0) is 33.6 Å². The molecule has 0 heterocycles. The van der Waals surface area contributed by atoms with Crippen LogP contribution in [0.15, 0.2) is 0 Å². The summed E-state index contributed by atoms with van der Waals surface area (Å²) in [6.45, 7) is 1.17. The molecule has 0 bridgehead atoms. The molecule has 4 unspecified atom stereocenters. The number of carbonyl (C=O) groups is 7. The van der Waals surface area contributed by atoms with Crippen LogP contribution in [0.2, 0.25) is 0 Å². The molecule has 0 saturated heterocycles. The van der Waals surface area contributed by atoms with Crippen molar-refractivity contribution >= 4 is 41.5 Å². The zero-order valence-corrected chi connectivity index (χ0v) is 15.8. The molecule has 0 aromatic heterocycles. The van der Waals surface area contributed by atoms with Gasteiger partial charge in [0.2, 0.25) is 23.6 Å². The summed E-state index contributed by atoms with van der Waals surface area (Å²) in [7, 11) is 0. The SMILES string of the molecule is CC(NC(=O)C(N)CC(=O)O)C(=O)NC(CC(N)=O)C(=O)NC(CC(=O)O)C(=O)O. The predicted molar refractivity (Wildman–Crippen MR) is 95.4 cm³/mol. The van der Waals surface area contributed by atoms with Crippen molar-refractivity contribution in [3.05, 3.63) is 0 Å². The van der Waals surface area contributed by atoms with Gasteiger partial charge in [-0.05, 0) is 6.92 Å². The van der Waals surface area contributed by atoms with Crippen molar-refractivity contribution in [1.82, 2.24) is 16.0 Å². The number of nitrogens with one attached hydrogen (secondary N) is 3. The van der Waals surface area contributed by atoms with E-state index in [0.29, 0.717) is 0 Å². The Morgan fingerprint density at radius 2 is 1.23 bits per heavy atom. The lowest BCUT2D eigenvalue weighted by Gasteiger charge is -2.22. The number of rotatable bonds is 13. The van der Waals surface area contributed by atoms with Crippen LogP contribution in [0.5, 0.6) is 0 Å². The standard InChI is InChI=1S/C15H23N5O10/c1-5(18-13(27)6(16)2-10(22)23)12(26)19-7(3-9(17)21)14(28)20-8(15(29)30)4-11(24)25/h5-8H,2-4,16H2,1H3,(H2,17,21)(H,18,27)(H,19,26)(H,20,28)(H,22,23)(H,24,25)(H,29,30). The molecule has 0 radical (unpaired) electrons. The quantitative estimate of drug-likeness (QED) is 0.137. The predicted octanol–water partition coefficient (Wildman–Crippen LogP) is -4.30. The van der Waals surface area contributed by atoms with Gasteiger partial charge in [-0.15, -0.1) is 0 Å². The van der Waals surface area contributed by atoms with Gasteiger partial charge in [-0.25, -0.2) is 4.79 Å². The summed E-state index contributed by atoms with van der Waals surface area (Å²) in [4.78, 5) is 79.6. The van der Waals surface area contributed by atoms with E-state index in [0.717, 1.165) is 0 Å². The number of hydrogen-bond acceptors (Lipinski definition) is 8. The molecule has 0 aromatic rings. The van der Waals surface area contributed by atoms with Crippen molar-refractivity contribution in [2.45, 2.75) is 50.4 Å². The molecule has 0 fully saturated rings. The maximum Gasteiger partial charge on any atom is 0.326 e. The summed E-state index contributed by atoms with van der Waals surface area (Å²) in [6.07, 6.45) is -2.42. The lowest BCUT2D eigenvalue weighted by Crippen LogP contribution is -2.57. The van der Waals surface area contributed by atoms with Crippen LogP contribution in [0.3, 0.4) is 0 Å². The van der Waals surface area contributed by atoms with Gasteiger partial charge in [-0.3, -0.25) is 28.8 Å². The summed E-state index contributed by atoms with van der Waals surface area (Å²) >= 11 is 0. The molecule has 15 heteroatoms. The van der Waals surface area contributed by atoms with Crippen LogP contribution in [0.25, 0.3) is 0 Å². The van der Waals surface area contributed by atoms with E-state index in [1.54, 1.807) is 0 Å². The van der Waals surface area contributed by atoms with Crippen molar-refractivity contribution in [3.63, 3.8) is 0 Å². The van der Waals surface area contributed by atoms with E-state index in [2.05, 4.69) is 10.6 Å². The second-order valence-electron chi connectivity index (χ2n) is 6.16. The third-order valence-electron chi connectivity index (χ3n) is 3.51. The maximum absolute atomic E-state index is 12.2. The molecule has 0 spiro atoms. The number of carbonyl (C=O) groups excluding carboxylic acids is 4. The number of carboxylic acids is 3. The van der Waals surface area contributed by atoms with E-state index in [1.807, 2.05) is 5.32 Å². The van der Waals surface area contributed by atoms with Crippen LogP contribution >= 0.6 is 0 Å². The molecule has 15 nitrogen and oxygen atoms in total. The van der Waals surface area contributed by atoms with Crippen molar-refractivity contribution in [1.29, 1.82) is 0 Å². The molecule has 0 rings (SSSR count). The molecule has 4 atom stereocenters. The summed E-state index contributed by atoms with van der Waals surface area (Å²) in [5.41, 5.74) is 10.3. The number of aliphatic carboxylic acids is 3. The van der Waals surface area contributed by atoms with Gasteiger partial charge in [0.15, 0.2) is 0 Å². The Kier molecular flexibility index (Phi) is 10.5. The minimum absolute atomic E-state index is 0.701. The average Bonchev–Trinajstić information content (AvgIpc) is 2.58. The van der Waals surface area contributed by atoms with Gasteiger partial charge in [0.1, 0.15) is 18.1 Å². The highest BCUT2D eigenvalue weighted by Gasteiger charge is 2.31. The molecular weight excluding hydrogens is 410 g/mol. The Morgan fingerprint density at radius 1 is 0.733 bits per heavy atom. The molecule has 0 aliphatic heterocycles. The average molecular weight is 433 g/mol. The van der Waals surface area contributed by atoms with Gasteiger partial charge in [0, 0.05) is 0 Å². The number of nitrogens with two attached hydrogens (primary N) is 2. The Labute approximate surface area is 169 Å². The first-order valence-corrected chi connectivity index (χ1v) is 8.36. The zero-order chi connectivity index (χ0) is 23.6. The van der Waals surface area contributed by atoms with E-state index in [4.69, 9.17) is 26.8 Å². The number of carboxylic acid groups (broad SMARTS) is 3. The summed E-state index contributed by atoms with van der Waals surface area (Å²) < 4.78 is 0. The molecule has 4 amide bonds. The topological polar surface area (TPSA) is 268 Å². The van der Waals surface area contributed by atoms with Gasteiger partial charge >= 0.3 is 17.9 Å². The second kappa shape index (κ2) is 11.9. The Balaban J connectivity index is 5.16. The number of primary amides is 1. The van der Waals surface area contributed by atoms with Gasteiger partial charge in [-0.1, -0.05) is 0 Å². The van der Waals surface area contributed by atoms with Gasteiger partial charge in [0.05, 0.1) is 25.3 Å². The Bertz CT molecular complexity index is 725. The number of hydrogen-bond donors (Lipinski definition) is 8. The van der Waals surface area contributed by atoms with Crippen LogP contribution in [-0.4, -0.2) is 81.0 Å². The Morgan fingerprint density at radius 3 is 1.67 bits per heavy atom. The third kappa shape index (κ3) is 9.98. The van der Waals surface area contributed by atoms with Crippen molar-refractivity contribution < 1.29 is 48.9 Å². The van der Waals surface area contributed by atoms with Gasteiger partial charge < -0.3 is 42.7 Å². The monoisotopic (exact) mass is 433 g/mol. The van der Waals surface area contributed by atoms with Gasteiger partial charge in [-0.2, -0.15) is 0 Å². The maximum atomic E-state index is 12.2. The molecule has 0 aliphatic carbocycles. The van der Waals surface area contributed by atoms with Crippen LogP contribution in [0, 0.1) is 0 Å². The molecule has 0 aromatic carbocycles. The van der Waals surface area contributed by atoms with E-state index >= 15 is 0 Å². The van der Waals surface area contributed by atoms with Crippen molar-refractivity contribution in [3.8, 4) is 0 Å². The second-order valence-corrected chi connectivity index (χ2v) is 6.16. The highest BCUT2D eigenvalue weighted by Crippen LogP contribution is 1.99. The Hall–Kier alpha value is -3.75. The fraction of sp³-hybridized carbons (Fsp3) is 0.533. The summed E-state index contributed by atoms with van der Waals surface area (Å²) in [5, 5.41) is 32.3. The lowest BCUT2D eigenvalue weighted by atomic mass is 10.1. The van der Waals surface area contributed by atoms with Crippen molar-refractivity contribution in [2.75, 3.05) is 0 Å². The van der Waals surface area contributed by atoms with Crippen LogP contribution < -0.4 is 27.4 Å². The van der Waals surface area contributed by atoms with E-state index in [-0.39, 0.29) is 0 Å². The third-order valence-corrected chi connectivity index (χ3v) is 3.51. The highest BCUT2D eigenvalue weighted by molar-refractivity contribution is 5.96. The molecule has 0 saturated carbocycles. The minimum Gasteiger partial charge on any atom is -0.481 e. The minimum atomic E-state index is -1.84. The molecule has 30 heavy (non-hydrogen) atoms. The fourth-order valence-electron chi connectivity index (χ4n) is 2.02. The lowest BCUT2D eigenvalue weighted by molar-refractivity contribution is -0.147. The van der Waals surface area contributed by atoms with E-state index in [1.165, 1.54) is 6.92 Å². The molecular formula is C15H23N5O10. The van der Waals surface area contributed by atoms with E-state index in [9.17, 15) is 33.6 Å². The largest absolute Gasteiger partial charge is 0.481 e. The first-order chi connectivity index (χ1) is 13.7. The van der Waals surface area contributed by atoms with Crippen LogP contribution in [0.1, 0.15) is 26.2 Å². The highest BCUT2D eigenvalue weighted by atomic mass is 16.4. The smallest absolute Gasteiger partial charge is 0.326 e. The van der Waals surface area contributed by atoms with E-state index < -0.39 is 85.0 Å². The molecule has 10 N–H and O–H groups in total.